The van der Waals surface area contributed by atoms with Crippen molar-refractivity contribution in [3.63, 3.8) is 0 Å². The van der Waals surface area contributed by atoms with Gasteiger partial charge in [0, 0.05) is 17.5 Å². The Bertz CT molecular complexity index is 414. The molecule has 1 heterocycles. The third-order valence-electron chi connectivity index (χ3n) is 3.61. The predicted octanol–water partition coefficient (Wildman–Crippen LogP) is 2.93. The molecular weight excluding hydrogens is 296 g/mol. The number of hydrogen-bond acceptors (Lipinski definition) is 3. The molecule has 1 aromatic rings. The zero-order valence-electron chi connectivity index (χ0n) is 10.8. The van der Waals surface area contributed by atoms with Crippen LogP contribution in [0.15, 0.2) is 22.7 Å². The van der Waals surface area contributed by atoms with E-state index in [0.717, 1.165) is 35.2 Å². The molecule has 0 saturated carbocycles. The highest BCUT2D eigenvalue weighted by molar-refractivity contribution is 9.10. The van der Waals surface area contributed by atoms with Crippen molar-refractivity contribution in [1.82, 2.24) is 0 Å². The lowest BCUT2D eigenvalue weighted by molar-refractivity contribution is -0.0769. The van der Waals surface area contributed by atoms with Gasteiger partial charge in [0.05, 0.1) is 18.8 Å². The molecule has 1 aliphatic heterocycles. The normalized spacial score (nSPS) is 25.1. The van der Waals surface area contributed by atoms with Crippen LogP contribution in [-0.2, 0) is 11.2 Å². The minimum absolute atomic E-state index is 0.423. The first-order chi connectivity index (χ1) is 8.55. The number of ether oxygens (including phenoxy) is 2. The van der Waals surface area contributed by atoms with Gasteiger partial charge in [-0.15, -0.1) is 0 Å². The molecule has 1 saturated heterocycles. The Labute approximate surface area is 116 Å². The van der Waals surface area contributed by atoms with Crippen LogP contribution in [0.4, 0.5) is 0 Å². The average molecular weight is 315 g/mol. The highest BCUT2D eigenvalue weighted by atomic mass is 79.9. The van der Waals surface area contributed by atoms with Gasteiger partial charge in [-0.2, -0.15) is 0 Å². The summed E-state index contributed by atoms with van der Waals surface area (Å²) in [6.45, 7) is 2.72. The van der Waals surface area contributed by atoms with Crippen LogP contribution in [0.2, 0.25) is 0 Å². The van der Waals surface area contributed by atoms with E-state index in [9.17, 15) is 5.11 Å². The summed E-state index contributed by atoms with van der Waals surface area (Å²) >= 11 is 3.44. The lowest BCUT2D eigenvalue weighted by Crippen LogP contribution is -2.40. The number of halogens is 1. The van der Waals surface area contributed by atoms with Crippen molar-refractivity contribution >= 4 is 15.9 Å². The summed E-state index contributed by atoms with van der Waals surface area (Å²) in [5, 5.41) is 10.4. The van der Waals surface area contributed by atoms with Crippen LogP contribution in [0, 0.1) is 0 Å². The molecule has 0 aliphatic carbocycles. The molecule has 1 N–H and O–H groups in total. The highest BCUT2D eigenvalue weighted by Gasteiger charge is 2.37. The van der Waals surface area contributed by atoms with Crippen LogP contribution < -0.4 is 4.74 Å². The van der Waals surface area contributed by atoms with Gasteiger partial charge in [0.25, 0.3) is 0 Å². The van der Waals surface area contributed by atoms with Crippen LogP contribution in [-0.4, -0.2) is 30.5 Å². The Kier molecular flexibility index (Phi) is 4.30. The van der Waals surface area contributed by atoms with Crippen molar-refractivity contribution in [1.29, 1.82) is 0 Å². The van der Waals surface area contributed by atoms with Crippen LogP contribution in [0.5, 0.6) is 5.75 Å². The second-order valence-electron chi connectivity index (χ2n) is 4.94. The van der Waals surface area contributed by atoms with E-state index in [1.54, 1.807) is 7.11 Å². The quantitative estimate of drug-likeness (QED) is 0.928. The minimum atomic E-state index is -0.511. The van der Waals surface area contributed by atoms with E-state index < -0.39 is 11.7 Å². The molecule has 0 bridgehead atoms. The molecule has 100 valence electrons. The third-order valence-corrected chi connectivity index (χ3v) is 4.10. The molecule has 0 aromatic heterocycles. The van der Waals surface area contributed by atoms with Crippen molar-refractivity contribution in [2.45, 2.75) is 37.9 Å². The molecular formula is C14H19BrO3. The fourth-order valence-electron chi connectivity index (χ4n) is 2.39. The molecule has 3 nitrogen and oxygen atoms in total. The summed E-state index contributed by atoms with van der Waals surface area (Å²) in [6, 6.07) is 5.83. The van der Waals surface area contributed by atoms with Crippen molar-refractivity contribution in [3.8, 4) is 5.75 Å². The first kappa shape index (κ1) is 13.8. The molecule has 0 amide bonds. The van der Waals surface area contributed by atoms with E-state index in [1.807, 2.05) is 25.1 Å². The van der Waals surface area contributed by atoms with Crippen LogP contribution >= 0.6 is 15.9 Å². The summed E-state index contributed by atoms with van der Waals surface area (Å²) in [7, 11) is 1.65. The minimum Gasteiger partial charge on any atom is -0.496 e. The van der Waals surface area contributed by atoms with E-state index >= 15 is 0 Å². The largest absolute Gasteiger partial charge is 0.496 e. The van der Waals surface area contributed by atoms with Gasteiger partial charge >= 0.3 is 0 Å². The summed E-state index contributed by atoms with van der Waals surface area (Å²) < 4.78 is 12.0. The van der Waals surface area contributed by atoms with Gasteiger partial charge in [-0.25, -0.2) is 0 Å². The van der Waals surface area contributed by atoms with Crippen molar-refractivity contribution in [3.05, 3.63) is 28.2 Å². The zero-order valence-corrected chi connectivity index (χ0v) is 12.4. The van der Waals surface area contributed by atoms with Gasteiger partial charge in [-0.1, -0.05) is 15.9 Å². The Balaban J connectivity index is 2.15. The number of aliphatic hydroxyl groups is 1. The lowest BCUT2D eigenvalue weighted by atomic mass is 9.90. The van der Waals surface area contributed by atoms with E-state index in [-0.39, 0.29) is 0 Å². The molecule has 0 radical (unpaired) electrons. The van der Waals surface area contributed by atoms with Crippen molar-refractivity contribution in [2.75, 3.05) is 13.7 Å². The number of benzene rings is 1. The maximum Gasteiger partial charge on any atom is 0.122 e. The number of hydrogen-bond donors (Lipinski definition) is 1. The number of rotatable bonds is 4. The topological polar surface area (TPSA) is 38.7 Å². The summed E-state index contributed by atoms with van der Waals surface area (Å²) in [5.41, 5.74) is 0.573. The summed E-state index contributed by atoms with van der Waals surface area (Å²) in [5.74, 6) is 0.804. The molecule has 1 fully saturated rings. The fourth-order valence-corrected chi connectivity index (χ4v) is 2.80. The predicted molar refractivity (Wildman–Crippen MR) is 74.0 cm³/mol. The second-order valence-corrected chi connectivity index (χ2v) is 5.86. The average Bonchev–Trinajstić information content (AvgIpc) is 2.78. The summed E-state index contributed by atoms with van der Waals surface area (Å²) in [4.78, 5) is 0. The third kappa shape index (κ3) is 2.87. The zero-order chi connectivity index (χ0) is 13.2. The Morgan fingerprint density at radius 2 is 2.33 bits per heavy atom. The molecule has 4 heteroatoms. The SMILES string of the molecule is COc1ccc(Br)cc1CC(O)C1(C)CCCO1. The molecule has 0 spiro atoms. The van der Waals surface area contributed by atoms with Gasteiger partial charge in [-0.05, 0) is 43.5 Å². The van der Waals surface area contributed by atoms with Crippen LogP contribution in [0.25, 0.3) is 0 Å². The van der Waals surface area contributed by atoms with Crippen molar-refractivity contribution in [2.24, 2.45) is 0 Å². The fraction of sp³-hybridized carbons (Fsp3) is 0.571. The smallest absolute Gasteiger partial charge is 0.122 e. The Morgan fingerprint density at radius 3 is 2.94 bits per heavy atom. The first-order valence-corrected chi connectivity index (χ1v) is 6.99. The van der Waals surface area contributed by atoms with Crippen molar-refractivity contribution < 1.29 is 14.6 Å². The maximum atomic E-state index is 10.4. The van der Waals surface area contributed by atoms with Gasteiger partial charge in [0.1, 0.15) is 5.75 Å². The Hall–Kier alpha value is -0.580. The van der Waals surface area contributed by atoms with Gasteiger partial charge in [0.15, 0.2) is 0 Å². The van der Waals surface area contributed by atoms with Gasteiger partial charge in [0.2, 0.25) is 0 Å². The van der Waals surface area contributed by atoms with E-state index in [1.165, 1.54) is 0 Å². The number of methoxy groups -OCH3 is 1. The van der Waals surface area contributed by atoms with Crippen LogP contribution in [0.3, 0.4) is 0 Å². The summed E-state index contributed by atoms with van der Waals surface area (Å²) in [6.07, 6.45) is 1.95. The first-order valence-electron chi connectivity index (χ1n) is 6.19. The Morgan fingerprint density at radius 1 is 1.56 bits per heavy atom. The van der Waals surface area contributed by atoms with E-state index in [0.29, 0.717) is 6.42 Å². The lowest BCUT2D eigenvalue weighted by Gasteiger charge is -2.29. The monoisotopic (exact) mass is 314 g/mol. The van der Waals surface area contributed by atoms with E-state index in [2.05, 4.69) is 15.9 Å². The molecule has 1 aliphatic rings. The standard InChI is InChI=1S/C14H19BrO3/c1-14(6-3-7-18-14)13(16)9-10-8-11(15)4-5-12(10)17-2/h4-5,8,13,16H,3,6-7,9H2,1-2H3. The van der Waals surface area contributed by atoms with Gasteiger partial charge < -0.3 is 14.6 Å². The number of aliphatic hydroxyl groups excluding tert-OH is 1. The maximum absolute atomic E-state index is 10.4. The molecule has 2 unspecified atom stereocenters. The molecule has 2 atom stereocenters. The van der Waals surface area contributed by atoms with E-state index in [4.69, 9.17) is 9.47 Å². The van der Waals surface area contributed by atoms with Gasteiger partial charge in [-0.3, -0.25) is 0 Å². The highest BCUT2D eigenvalue weighted by Crippen LogP contribution is 2.32. The molecule has 18 heavy (non-hydrogen) atoms. The second kappa shape index (κ2) is 5.59. The molecule has 2 rings (SSSR count). The molecule has 1 aromatic carbocycles. The van der Waals surface area contributed by atoms with Crippen LogP contribution in [0.1, 0.15) is 25.3 Å².